The number of benzene rings is 1. The van der Waals surface area contributed by atoms with Crippen LogP contribution in [0.5, 0.6) is 5.75 Å². The number of carbonyl (C=O) groups excluding carboxylic acids is 3. The van der Waals surface area contributed by atoms with E-state index >= 15 is 0 Å². The molecule has 0 unspecified atom stereocenters. The smallest absolute Gasteiger partial charge is 0.348 e. The summed E-state index contributed by atoms with van der Waals surface area (Å²) in [4.78, 5) is 37.2. The van der Waals surface area contributed by atoms with Gasteiger partial charge in [-0.3, -0.25) is 10.1 Å². The monoisotopic (exact) mass is 390 g/mol. The summed E-state index contributed by atoms with van der Waals surface area (Å²) in [7, 11) is 1.54. The van der Waals surface area contributed by atoms with Gasteiger partial charge in [0.2, 0.25) is 0 Å². The van der Waals surface area contributed by atoms with Crippen LogP contribution >= 0.6 is 11.3 Å². The van der Waals surface area contributed by atoms with Gasteiger partial charge in [-0.1, -0.05) is 13.3 Å². The number of imide groups is 1. The second kappa shape index (κ2) is 9.72. The lowest BCUT2D eigenvalue weighted by atomic mass is 10.1. The number of esters is 1. The Morgan fingerprint density at radius 2 is 1.85 bits per heavy atom. The normalized spacial score (nSPS) is 10.2. The molecule has 2 rings (SSSR count). The molecule has 0 aliphatic heterocycles. The van der Waals surface area contributed by atoms with Crippen LogP contribution in [0.15, 0.2) is 30.3 Å². The highest BCUT2D eigenvalue weighted by molar-refractivity contribution is 7.14. The Morgan fingerprint density at radius 3 is 2.48 bits per heavy atom. The fourth-order valence-electron chi connectivity index (χ4n) is 2.34. The number of rotatable bonds is 7. The van der Waals surface area contributed by atoms with E-state index in [1.54, 1.807) is 30.3 Å². The van der Waals surface area contributed by atoms with Crippen molar-refractivity contribution in [2.45, 2.75) is 26.7 Å². The zero-order chi connectivity index (χ0) is 19.8. The third-order valence-corrected chi connectivity index (χ3v) is 4.75. The van der Waals surface area contributed by atoms with Crippen LogP contribution in [0.1, 0.15) is 33.5 Å². The van der Waals surface area contributed by atoms with Crippen molar-refractivity contribution >= 4 is 34.9 Å². The summed E-state index contributed by atoms with van der Waals surface area (Å²) in [5, 5.41) is 4.61. The van der Waals surface area contributed by atoms with Crippen molar-refractivity contribution < 1.29 is 23.9 Å². The van der Waals surface area contributed by atoms with E-state index in [1.165, 1.54) is 18.4 Å². The maximum absolute atomic E-state index is 12.1. The number of amides is 3. The number of carbonyl (C=O) groups is 3. The first-order valence-electron chi connectivity index (χ1n) is 8.44. The zero-order valence-electron chi connectivity index (χ0n) is 15.5. The van der Waals surface area contributed by atoms with Crippen LogP contribution in [0.3, 0.4) is 0 Å². The van der Waals surface area contributed by atoms with E-state index in [4.69, 9.17) is 9.47 Å². The molecule has 0 bridgehead atoms. The van der Waals surface area contributed by atoms with Gasteiger partial charge in [-0.2, -0.15) is 0 Å². The predicted molar refractivity (Wildman–Crippen MR) is 103 cm³/mol. The Bertz CT molecular complexity index is 814. The quantitative estimate of drug-likeness (QED) is 0.706. The van der Waals surface area contributed by atoms with Crippen molar-refractivity contribution in [1.82, 2.24) is 5.32 Å². The van der Waals surface area contributed by atoms with Gasteiger partial charge in [0.15, 0.2) is 6.61 Å². The average molecular weight is 390 g/mol. The number of hydrogen-bond donors (Lipinski definition) is 2. The number of urea groups is 1. The molecule has 0 aliphatic carbocycles. The zero-order valence-corrected chi connectivity index (χ0v) is 16.3. The van der Waals surface area contributed by atoms with Crippen LogP contribution in [-0.2, 0) is 16.0 Å². The molecule has 1 aromatic carbocycles. The van der Waals surface area contributed by atoms with E-state index in [0.717, 1.165) is 23.3 Å². The van der Waals surface area contributed by atoms with Gasteiger partial charge in [-0.15, -0.1) is 11.3 Å². The number of nitrogens with one attached hydrogen (secondary N) is 2. The Hall–Kier alpha value is -2.87. The minimum absolute atomic E-state index is 0.450. The van der Waals surface area contributed by atoms with E-state index in [2.05, 4.69) is 17.6 Å². The summed E-state index contributed by atoms with van der Waals surface area (Å²) in [5.74, 6) is -0.637. The van der Waals surface area contributed by atoms with E-state index in [1.807, 2.05) is 6.92 Å². The van der Waals surface area contributed by atoms with Gasteiger partial charge >= 0.3 is 12.0 Å². The second-order valence-electron chi connectivity index (χ2n) is 5.75. The number of hydrogen-bond acceptors (Lipinski definition) is 6. The number of ether oxygens (including phenoxy) is 2. The van der Waals surface area contributed by atoms with Crippen molar-refractivity contribution in [3.05, 3.63) is 45.6 Å². The first-order valence-corrected chi connectivity index (χ1v) is 9.26. The van der Waals surface area contributed by atoms with Crippen LogP contribution in [0.2, 0.25) is 0 Å². The highest BCUT2D eigenvalue weighted by Crippen LogP contribution is 2.23. The maximum Gasteiger partial charge on any atom is 0.348 e. The second-order valence-corrected chi connectivity index (χ2v) is 7.01. The van der Waals surface area contributed by atoms with Crippen LogP contribution in [0.4, 0.5) is 10.5 Å². The van der Waals surface area contributed by atoms with Crippen LogP contribution in [0.25, 0.3) is 0 Å². The summed E-state index contributed by atoms with van der Waals surface area (Å²) in [5.41, 5.74) is 1.60. The van der Waals surface area contributed by atoms with Gasteiger partial charge in [0.25, 0.3) is 5.91 Å². The first kappa shape index (κ1) is 20.4. The van der Waals surface area contributed by atoms with E-state index in [0.29, 0.717) is 16.3 Å². The molecule has 27 heavy (non-hydrogen) atoms. The Morgan fingerprint density at radius 1 is 1.15 bits per heavy atom. The molecule has 0 spiro atoms. The summed E-state index contributed by atoms with van der Waals surface area (Å²) in [6.45, 7) is 3.48. The van der Waals surface area contributed by atoms with Crippen molar-refractivity contribution in [1.29, 1.82) is 0 Å². The van der Waals surface area contributed by atoms with Crippen LogP contribution in [-0.4, -0.2) is 31.6 Å². The molecule has 144 valence electrons. The molecule has 8 heteroatoms. The fraction of sp³-hybridized carbons (Fsp3) is 0.316. The molecule has 3 amide bonds. The SMILES string of the molecule is CCCc1cc(C(=O)OCC(=O)NC(=O)Nc2ccc(OC)cc2)sc1C. The van der Waals surface area contributed by atoms with Crippen molar-refractivity contribution in [2.75, 3.05) is 19.0 Å². The van der Waals surface area contributed by atoms with Gasteiger partial charge in [-0.25, -0.2) is 9.59 Å². The molecule has 0 saturated heterocycles. The lowest BCUT2D eigenvalue weighted by Crippen LogP contribution is -2.37. The van der Waals surface area contributed by atoms with Gasteiger partial charge < -0.3 is 14.8 Å². The van der Waals surface area contributed by atoms with Crippen molar-refractivity contribution in [2.24, 2.45) is 0 Å². The molecule has 0 fully saturated rings. The summed E-state index contributed by atoms with van der Waals surface area (Å²) in [6, 6.07) is 7.70. The summed E-state index contributed by atoms with van der Waals surface area (Å²) in [6.07, 6.45) is 1.87. The minimum atomic E-state index is -0.712. The molecule has 2 aromatic rings. The lowest BCUT2D eigenvalue weighted by molar-refractivity contribution is -0.123. The van der Waals surface area contributed by atoms with E-state index in [-0.39, 0.29) is 0 Å². The maximum atomic E-state index is 12.1. The van der Waals surface area contributed by atoms with Gasteiger partial charge in [0.1, 0.15) is 10.6 Å². The largest absolute Gasteiger partial charge is 0.497 e. The molecule has 2 N–H and O–H groups in total. The molecule has 0 saturated carbocycles. The summed E-state index contributed by atoms with van der Waals surface area (Å²) < 4.78 is 10.0. The lowest BCUT2D eigenvalue weighted by Gasteiger charge is -2.07. The first-order chi connectivity index (χ1) is 12.9. The van der Waals surface area contributed by atoms with Crippen LogP contribution < -0.4 is 15.4 Å². The molecule has 0 atom stereocenters. The summed E-state index contributed by atoms with van der Waals surface area (Å²) >= 11 is 1.34. The third kappa shape index (κ3) is 6.10. The number of thiophene rings is 1. The molecule has 7 nitrogen and oxygen atoms in total. The Labute approximate surface area is 161 Å². The van der Waals surface area contributed by atoms with Crippen molar-refractivity contribution in [3.8, 4) is 5.75 Å². The Kier molecular flexibility index (Phi) is 7.36. The molecular formula is C19H22N2O5S. The third-order valence-electron chi connectivity index (χ3n) is 3.68. The molecule has 1 heterocycles. The fourth-order valence-corrected chi connectivity index (χ4v) is 3.30. The number of methoxy groups -OCH3 is 1. The van der Waals surface area contributed by atoms with E-state index in [9.17, 15) is 14.4 Å². The topological polar surface area (TPSA) is 93.7 Å². The molecule has 0 aliphatic rings. The minimum Gasteiger partial charge on any atom is -0.497 e. The predicted octanol–water partition coefficient (Wildman–Crippen LogP) is 3.52. The average Bonchev–Trinajstić information content (AvgIpc) is 3.01. The Balaban J connectivity index is 1.80. The van der Waals surface area contributed by atoms with E-state index < -0.39 is 24.5 Å². The standard InChI is InChI=1S/C19H22N2O5S/c1-4-5-13-10-16(27-12(13)2)18(23)26-11-17(22)21-19(24)20-14-6-8-15(25-3)9-7-14/h6-10H,4-5,11H2,1-3H3,(H2,20,21,22,24). The van der Waals surface area contributed by atoms with Crippen molar-refractivity contribution in [3.63, 3.8) is 0 Å². The number of anilines is 1. The molecular weight excluding hydrogens is 368 g/mol. The van der Waals surface area contributed by atoms with Crippen LogP contribution in [0, 0.1) is 6.92 Å². The molecule has 1 aromatic heterocycles. The number of aryl methyl sites for hydroxylation is 2. The van der Waals surface area contributed by atoms with Gasteiger partial charge in [0.05, 0.1) is 7.11 Å². The highest BCUT2D eigenvalue weighted by Gasteiger charge is 2.16. The highest BCUT2D eigenvalue weighted by atomic mass is 32.1. The molecule has 0 radical (unpaired) electrons. The van der Waals surface area contributed by atoms with Gasteiger partial charge in [0, 0.05) is 10.6 Å². The van der Waals surface area contributed by atoms with Gasteiger partial charge in [-0.05, 0) is 49.2 Å².